The van der Waals surface area contributed by atoms with Gasteiger partial charge in [0.2, 0.25) is 6.29 Å². The van der Waals surface area contributed by atoms with Crippen molar-refractivity contribution in [3.63, 3.8) is 0 Å². The fourth-order valence-electron chi connectivity index (χ4n) is 2.65. The number of carbonyl (C=O) groups excluding carboxylic acids is 1. The molecule has 25 heavy (non-hydrogen) atoms. The number of rotatable bonds is 11. The summed E-state index contributed by atoms with van der Waals surface area (Å²) in [5.74, 6) is 1.56. The SMILES string of the molecule is C=CCOCOC(=O)C(C)=CCC(OC1=CCCC1)OC1=CCCC1. The van der Waals surface area contributed by atoms with Gasteiger partial charge in [-0.25, -0.2) is 4.79 Å². The second-order valence-corrected chi connectivity index (χ2v) is 6.12. The van der Waals surface area contributed by atoms with E-state index in [1.807, 2.05) is 0 Å². The van der Waals surface area contributed by atoms with Crippen molar-refractivity contribution in [3.8, 4) is 0 Å². The van der Waals surface area contributed by atoms with Crippen molar-refractivity contribution in [2.45, 2.75) is 58.2 Å². The lowest BCUT2D eigenvalue weighted by Gasteiger charge is -2.21. The van der Waals surface area contributed by atoms with Crippen molar-refractivity contribution < 1.29 is 23.7 Å². The van der Waals surface area contributed by atoms with E-state index < -0.39 is 12.3 Å². The van der Waals surface area contributed by atoms with Gasteiger partial charge in [-0.3, -0.25) is 0 Å². The molecule has 0 fully saturated rings. The largest absolute Gasteiger partial charge is 0.459 e. The summed E-state index contributed by atoms with van der Waals surface area (Å²) in [7, 11) is 0. The average molecular weight is 348 g/mol. The zero-order valence-corrected chi connectivity index (χ0v) is 15.0. The van der Waals surface area contributed by atoms with Crippen molar-refractivity contribution in [2.75, 3.05) is 13.4 Å². The quantitative estimate of drug-likeness (QED) is 0.181. The molecule has 0 saturated carbocycles. The van der Waals surface area contributed by atoms with Crippen molar-refractivity contribution in [1.82, 2.24) is 0 Å². The summed E-state index contributed by atoms with van der Waals surface area (Å²) in [6.07, 6.45) is 13.9. The first-order chi connectivity index (χ1) is 12.2. The minimum Gasteiger partial charge on any atom is -0.459 e. The smallest absolute Gasteiger partial charge is 0.335 e. The van der Waals surface area contributed by atoms with Gasteiger partial charge in [0.15, 0.2) is 6.79 Å². The van der Waals surface area contributed by atoms with Gasteiger partial charge in [-0.2, -0.15) is 0 Å². The lowest BCUT2D eigenvalue weighted by atomic mass is 10.2. The molecule has 0 radical (unpaired) electrons. The Morgan fingerprint density at radius 2 is 1.84 bits per heavy atom. The molecule has 5 nitrogen and oxygen atoms in total. The van der Waals surface area contributed by atoms with Gasteiger partial charge in [-0.05, 0) is 44.8 Å². The number of carbonyl (C=O) groups is 1. The molecule has 0 heterocycles. The predicted octanol–water partition coefficient (Wildman–Crippen LogP) is 4.52. The Bertz CT molecular complexity index is 518. The summed E-state index contributed by atoms with van der Waals surface area (Å²) >= 11 is 0. The number of ether oxygens (including phenoxy) is 4. The number of hydrogen-bond donors (Lipinski definition) is 0. The van der Waals surface area contributed by atoms with Crippen molar-refractivity contribution in [3.05, 3.63) is 48.0 Å². The van der Waals surface area contributed by atoms with E-state index in [0.29, 0.717) is 18.6 Å². The lowest BCUT2D eigenvalue weighted by molar-refractivity contribution is -0.150. The highest BCUT2D eigenvalue weighted by Crippen LogP contribution is 2.26. The maximum atomic E-state index is 11.9. The molecule has 0 aromatic rings. The molecule has 0 spiro atoms. The summed E-state index contributed by atoms with van der Waals surface area (Å²) in [4.78, 5) is 11.9. The minimum absolute atomic E-state index is 0.0771. The Balaban J connectivity index is 1.85. The molecule has 0 saturated heterocycles. The predicted molar refractivity (Wildman–Crippen MR) is 95.3 cm³/mol. The molecular formula is C20H28O5. The third-order valence-electron chi connectivity index (χ3n) is 4.01. The number of allylic oxidation sites excluding steroid dienone is 4. The maximum absolute atomic E-state index is 11.9. The van der Waals surface area contributed by atoms with Gasteiger partial charge in [0, 0.05) is 24.8 Å². The Kier molecular flexibility index (Phi) is 8.32. The van der Waals surface area contributed by atoms with Gasteiger partial charge in [-0.15, -0.1) is 6.58 Å². The highest BCUT2D eigenvalue weighted by Gasteiger charge is 2.18. The molecule has 0 amide bonds. The van der Waals surface area contributed by atoms with Crippen LogP contribution in [0.15, 0.2) is 48.0 Å². The highest BCUT2D eigenvalue weighted by atomic mass is 16.7. The van der Waals surface area contributed by atoms with Crippen molar-refractivity contribution in [2.24, 2.45) is 0 Å². The lowest BCUT2D eigenvalue weighted by Crippen LogP contribution is -2.16. The molecule has 2 rings (SSSR count). The summed E-state index contributed by atoms with van der Waals surface area (Å²) in [5.41, 5.74) is 0.514. The molecule has 138 valence electrons. The van der Waals surface area contributed by atoms with Crippen LogP contribution < -0.4 is 0 Å². The van der Waals surface area contributed by atoms with Crippen molar-refractivity contribution >= 4 is 5.97 Å². The van der Waals surface area contributed by atoms with Crippen LogP contribution >= 0.6 is 0 Å². The first kappa shape index (κ1) is 19.3. The number of esters is 1. The molecule has 0 N–H and O–H groups in total. The monoisotopic (exact) mass is 348 g/mol. The zero-order valence-electron chi connectivity index (χ0n) is 15.0. The van der Waals surface area contributed by atoms with Crippen LogP contribution in [0.1, 0.15) is 51.9 Å². The zero-order chi connectivity index (χ0) is 17.9. The van der Waals surface area contributed by atoms with Crippen LogP contribution in [-0.4, -0.2) is 25.7 Å². The fraction of sp³-hybridized carbons (Fsp3) is 0.550. The second kappa shape index (κ2) is 10.8. The van der Waals surface area contributed by atoms with E-state index in [2.05, 4.69) is 18.7 Å². The topological polar surface area (TPSA) is 54.0 Å². The van der Waals surface area contributed by atoms with Crippen LogP contribution in [0.5, 0.6) is 0 Å². The van der Waals surface area contributed by atoms with Crippen LogP contribution in [0, 0.1) is 0 Å². The fourth-order valence-corrected chi connectivity index (χ4v) is 2.65. The molecule has 0 aromatic heterocycles. The van der Waals surface area contributed by atoms with Gasteiger partial charge < -0.3 is 18.9 Å². The maximum Gasteiger partial charge on any atom is 0.335 e. The number of hydrogen-bond acceptors (Lipinski definition) is 5. The Hall–Kier alpha value is -2.01. The molecule has 0 atom stereocenters. The summed E-state index contributed by atoms with van der Waals surface area (Å²) in [6, 6.07) is 0. The Morgan fingerprint density at radius 3 is 2.36 bits per heavy atom. The first-order valence-corrected chi connectivity index (χ1v) is 8.93. The van der Waals surface area contributed by atoms with E-state index in [1.54, 1.807) is 19.1 Å². The minimum atomic E-state index is -0.409. The molecule has 2 aliphatic carbocycles. The van der Waals surface area contributed by atoms with Crippen molar-refractivity contribution in [1.29, 1.82) is 0 Å². The summed E-state index contributed by atoms with van der Waals surface area (Å²) in [6.45, 7) is 5.52. The van der Waals surface area contributed by atoms with Crippen LogP contribution in [0.25, 0.3) is 0 Å². The van der Waals surface area contributed by atoms with Gasteiger partial charge in [0.1, 0.15) is 0 Å². The molecule has 0 aliphatic heterocycles. The molecule has 2 aliphatic rings. The van der Waals surface area contributed by atoms with Gasteiger partial charge in [0.25, 0.3) is 0 Å². The van der Waals surface area contributed by atoms with Gasteiger partial charge >= 0.3 is 5.97 Å². The summed E-state index contributed by atoms with van der Waals surface area (Å²) < 4.78 is 22.0. The van der Waals surface area contributed by atoms with E-state index in [1.165, 1.54) is 0 Å². The molecule has 0 unspecified atom stereocenters. The third kappa shape index (κ3) is 7.18. The van der Waals surface area contributed by atoms with E-state index >= 15 is 0 Å². The Morgan fingerprint density at radius 1 is 1.20 bits per heavy atom. The highest BCUT2D eigenvalue weighted by molar-refractivity contribution is 5.87. The van der Waals surface area contributed by atoms with E-state index in [4.69, 9.17) is 18.9 Å². The van der Waals surface area contributed by atoms with E-state index in [9.17, 15) is 4.79 Å². The first-order valence-electron chi connectivity index (χ1n) is 8.93. The normalized spacial score (nSPS) is 17.3. The van der Waals surface area contributed by atoms with Crippen LogP contribution in [-0.2, 0) is 23.7 Å². The molecule has 0 aromatic carbocycles. The van der Waals surface area contributed by atoms with Gasteiger partial charge in [0.05, 0.1) is 18.1 Å². The second-order valence-electron chi connectivity index (χ2n) is 6.12. The van der Waals surface area contributed by atoms with Gasteiger partial charge in [-0.1, -0.05) is 12.2 Å². The average Bonchev–Trinajstić information content (AvgIpc) is 3.30. The van der Waals surface area contributed by atoms with Crippen LogP contribution in [0.2, 0.25) is 0 Å². The van der Waals surface area contributed by atoms with Crippen LogP contribution in [0.4, 0.5) is 0 Å². The Labute approximate surface area is 150 Å². The van der Waals surface area contributed by atoms with E-state index in [0.717, 1.165) is 50.0 Å². The van der Waals surface area contributed by atoms with Crippen LogP contribution in [0.3, 0.4) is 0 Å². The standard InChI is InChI=1S/C20H28O5/c1-3-14-22-15-23-20(21)16(2)12-13-19(24-17-8-4-5-9-17)25-18-10-6-7-11-18/h3,8,10,12,19H,1,4-7,9,11,13-15H2,2H3. The molecule has 0 bridgehead atoms. The molecular weight excluding hydrogens is 320 g/mol. The third-order valence-corrected chi connectivity index (χ3v) is 4.01. The van der Waals surface area contributed by atoms with E-state index in [-0.39, 0.29) is 6.79 Å². The summed E-state index contributed by atoms with van der Waals surface area (Å²) in [5, 5.41) is 0. The molecule has 5 heteroatoms.